The van der Waals surface area contributed by atoms with Crippen molar-refractivity contribution in [1.82, 2.24) is 25.2 Å². The van der Waals surface area contributed by atoms with Crippen LogP contribution in [-0.4, -0.2) is 38.4 Å². The van der Waals surface area contributed by atoms with Crippen molar-refractivity contribution in [2.24, 2.45) is 0 Å². The van der Waals surface area contributed by atoms with E-state index in [1.54, 1.807) is 4.90 Å². The van der Waals surface area contributed by atoms with Crippen LogP contribution in [0, 0.1) is 6.92 Å². The van der Waals surface area contributed by atoms with E-state index in [0.29, 0.717) is 39.0 Å². The van der Waals surface area contributed by atoms with E-state index in [1.807, 2.05) is 66.2 Å². The van der Waals surface area contributed by atoms with Crippen LogP contribution in [0.1, 0.15) is 28.9 Å². The maximum Gasteiger partial charge on any atom is 0.322 e. The van der Waals surface area contributed by atoms with Gasteiger partial charge in [0.15, 0.2) is 0 Å². The average molecular weight is 419 g/mol. The highest BCUT2D eigenvalue weighted by Crippen LogP contribution is 2.18. The minimum absolute atomic E-state index is 0.0320. The number of nitrogens with one attached hydrogen (secondary N) is 2. The SMILES string of the molecule is Cc1cccc(NC(=O)N2CCn3nnc(CCC(=O)NCc4ccccc4)c3C2)c1. The maximum atomic E-state index is 12.7. The molecule has 8 heteroatoms. The van der Waals surface area contributed by atoms with Gasteiger partial charge in [-0.15, -0.1) is 5.10 Å². The molecule has 2 heterocycles. The number of anilines is 1. The summed E-state index contributed by atoms with van der Waals surface area (Å²) in [6, 6.07) is 17.4. The Balaban J connectivity index is 1.32. The Morgan fingerprint density at radius 1 is 1.06 bits per heavy atom. The van der Waals surface area contributed by atoms with Crippen LogP contribution in [-0.2, 0) is 30.8 Å². The Labute approximate surface area is 181 Å². The molecule has 0 radical (unpaired) electrons. The molecule has 0 saturated carbocycles. The van der Waals surface area contributed by atoms with Crippen LogP contribution in [0.25, 0.3) is 0 Å². The number of benzene rings is 2. The summed E-state index contributed by atoms with van der Waals surface area (Å²) >= 11 is 0. The standard InChI is InChI=1S/C23H26N6O2/c1-17-6-5-9-19(14-17)25-23(31)28-12-13-29-21(16-28)20(26-27-29)10-11-22(30)24-15-18-7-3-2-4-8-18/h2-9,14H,10-13,15-16H2,1H3,(H,24,30)(H,25,31). The van der Waals surface area contributed by atoms with Crippen molar-refractivity contribution in [3.05, 3.63) is 77.1 Å². The van der Waals surface area contributed by atoms with E-state index in [9.17, 15) is 9.59 Å². The van der Waals surface area contributed by atoms with Gasteiger partial charge >= 0.3 is 6.03 Å². The second-order valence-electron chi connectivity index (χ2n) is 7.69. The highest BCUT2D eigenvalue weighted by Gasteiger charge is 2.25. The van der Waals surface area contributed by atoms with Crippen LogP contribution in [0.2, 0.25) is 0 Å². The van der Waals surface area contributed by atoms with Gasteiger partial charge in [0, 0.05) is 31.6 Å². The molecule has 0 spiro atoms. The van der Waals surface area contributed by atoms with Gasteiger partial charge in [0.2, 0.25) is 5.91 Å². The molecule has 4 rings (SSSR count). The zero-order valence-corrected chi connectivity index (χ0v) is 17.5. The summed E-state index contributed by atoms with van der Waals surface area (Å²) < 4.78 is 1.83. The lowest BCUT2D eigenvalue weighted by Crippen LogP contribution is -2.41. The molecule has 31 heavy (non-hydrogen) atoms. The van der Waals surface area contributed by atoms with E-state index in [-0.39, 0.29) is 11.9 Å². The Hall–Kier alpha value is -3.68. The first-order valence-electron chi connectivity index (χ1n) is 10.4. The van der Waals surface area contributed by atoms with Crippen LogP contribution in [0.3, 0.4) is 0 Å². The molecule has 3 aromatic rings. The van der Waals surface area contributed by atoms with Crippen molar-refractivity contribution in [2.75, 3.05) is 11.9 Å². The Morgan fingerprint density at radius 3 is 2.71 bits per heavy atom. The topological polar surface area (TPSA) is 92.2 Å². The molecular weight excluding hydrogens is 392 g/mol. The lowest BCUT2D eigenvalue weighted by atomic mass is 10.1. The molecule has 0 bridgehead atoms. The number of nitrogens with zero attached hydrogens (tertiary/aromatic N) is 4. The van der Waals surface area contributed by atoms with Crippen LogP contribution >= 0.6 is 0 Å². The molecular formula is C23H26N6O2. The van der Waals surface area contributed by atoms with Crippen molar-refractivity contribution >= 4 is 17.6 Å². The van der Waals surface area contributed by atoms with Crippen molar-refractivity contribution < 1.29 is 9.59 Å². The molecule has 0 saturated heterocycles. The minimum Gasteiger partial charge on any atom is -0.352 e. The molecule has 3 amide bonds. The number of carbonyl (C=O) groups is 2. The summed E-state index contributed by atoms with van der Waals surface area (Å²) in [6.07, 6.45) is 0.817. The van der Waals surface area contributed by atoms with E-state index >= 15 is 0 Å². The third kappa shape index (κ3) is 5.28. The van der Waals surface area contributed by atoms with Gasteiger partial charge in [-0.25, -0.2) is 9.48 Å². The highest BCUT2D eigenvalue weighted by atomic mass is 16.2. The fraction of sp³-hybridized carbons (Fsp3) is 0.304. The van der Waals surface area contributed by atoms with Crippen LogP contribution < -0.4 is 10.6 Å². The molecule has 0 aliphatic carbocycles. The number of aromatic nitrogens is 3. The van der Waals surface area contributed by atoms with Gasteiger partial charge in [0.1, 0.15) is 0 Å². The first kappa shape index (κ1) is 20.6. The van der Waals surface area contributed by atoms with Crippen molar-refractivity contribution in [2.45, 2.75) is 39.4 Å². The normalized spacial score (nSPS) is 12.9. The van der Waals surface area contributed by atoms with Crippen molar-refractivity contribution in [1.29, 1.82) is 0 Å². The van der Waals surface area contributed by atoms with Gasteiger partial charge in [-0.3, -0.25) is 4.79 Å². The van der Waals surface area contributed by atoms with Crippen molar-refractivity contribution in [3.63, 3.8) is 0 Å². The number of hydrogen-bond acceptors (Lipinski definition) is 4. The van der Waals surface area contributed by atoms with E-state index in [2.05, 4.69) is 20.9 Å². The van der Waals surface area contributed by atoms with Gasteiger partial charge in [0.25, 0.3) is 0 Å². The number of fused-ring (bicyclic) bond motifs is 1. The first-order chi connectivity index (χ1) is 15.1. The monoisotopic (exact) mass is 418 g/mol. The minimum atomic E-state index is -0.149. The van der Waals surface area contributed by atoms with Gasteiger partial charge in [-0.1, -0.05) is 47.7 Å². The Morgan fingerprint density at radius 2 is 1.90 bits per heavy atom. The Kier molecular flexibility index (Phi) is 6.26. The zero-order chi connectivity index (χ0) is 21.6. The lowest BCUT2D eigenvalue weighted by Gasteiger charge is -2.28. The number of hydrogen-bond donors (Lipinski definition) is 2. The summed E-state index contributed by atoms with van der Waals surface area (Å²) in [5.41, 5.74) is 4.58. The largest absolute Gasteiger partial charge is 0.352 e. The molecule has 8 nitrogen and oxygen atoms in total. The number of rotatable bonds is 6. The molecule has 0 unspecified atom stereocenters. The summed E-state index contributed by atoms with van der Waals surface area (Å²) in [4.78, 5) is 26.7. The fourth-order valence-corrected chi connectivity index (χ4v) is 3.61. The van der Waals surface area contributed by atoms with Crippen LogP contribution in [0.15, 0.2) is 54.6 Å². The average Bonchev–Trinajstić information content (AvgIpc) is 3.19. The number of amides is 3. The van der Waals surface area contributed by atoms with Crippen LogP contribution in [0.4, 0.5) is 10.5 Å². The summed E-state index contributed by atoms with van der Waals surface area (Å²) in [6.45, 7) is 4.07. The van der Waals surface area contributed by atoms with Crippen molar-refractivity contribution in [3.8, 4) is 0 Å². The third-order valence-corrected chi connectivity index (χ3v) is 5.32. The van der Waals surface area contributed by atoms with E-state index in [0.717, 1.165) is 28.2 Å². The van der Waals surface area contributed by atoms with E-state index < -0.39 is 0 Å². The number of aryl methyl sites for hydroxylation is 2. The predicted molar refractivity (Wildman–Crippen MR) is 117 cm³/mol. The molecule has 160 valence electrons. The Bertz CT molecular complexity index is 1060. The van der Waals surface area contributed by atoms with Gasteiger partial charge in [-0.2, -0.15) is 0 Å². The predicted octanol–water partition coefficient (Wildman–Crippen LogP) is 2.88. The first-order valence-corrected chi connectivity index (χ1v) is 10.4. The number of urea groups is 1. The highest BCUT2D eigenvalue weighted by molar-refractivity contribution is 5.89. The van der Waals surface area contributed by atoms with Crippen LogP contribution in [0.5, 0.6) is 0 Å². The van der Waals surface area contributed by atoms with E-state index in [1.165, 1.54) is 0 Å². The molecule has 2 aromatic carbocycles. The molecule has 0 fully saturated rings. The molecule has 1 aromatic heterocycles. The van der Waals surface area contributed by atoms with E-state index in [4.69, 9.17) is 0 Å². The summed E-state index contributed by atoms with van der Waals surface area (Å²) in [5, 5.41) is 14.3. The smallest absolute Gasteiger partial charge is 0.322 e. The molecule has 2 N–H and O–H groups in total. The summed E-state index contributed by atoms with van der Waals surface area (Å²) in [5.74, 6) is -0.0320. The van der Waals surface area contributed by atoms with Gasteiger partial charge in [-0.05, 0) is 30.2 Å². The third-order valence-electron chi connectivity index (χ3n) is 5.32. The second-order valence-corrected chi connectivity index (χ2v) is 7.69. The second kappa shape index (κ2) is 9.42. The lowest BCUT2D eigenvalue weighted by molar-refractivity contribution is -0.121. The quantitative estimate of drug-likeness (QED) is 0.644. The maximum absolute atomic E-state index is 12.7. The van der Waals surface area contributed by atoms with Gasteiger partial charge < -0.3 is 15.5 Å². The molecule has 1 aliphatic rings. The summed E-state index contributed by atoms with van der Waals surface area (Å²) in [7, 11) is 0. The molecule has 1 aliphatic heterocycles. The van der Waals surface area contributed by atoms with Gasteiger partial charge in [0.05, 0.1) is 24.5 Å². The number of carbonyl (C=O) groups excluding carboxylic acids is 2. The zero-order valence-electron chi connectivity index (χ0n) is 17.5. The molecule has 0 atom stereocenters. The fourth-order valence-electron chi connectivity index (χ4n) is 3.61.